The maximum Gasteiger partial charge on any atom is 0.152 e. The van der Waals surface area contributed by atoms with E-state index >= 15 is 0 Å². The third-order valence-corrected chi connectivity index (χ3v) is 1.91. The Hall–Kier alpha value is -0.330. The van der Waals surface area contributed by atoms with Crippen molar-refractivity contribution in [2.45, 2.75) is 26.2 Å². The van der Waals surface area contributed by atoms with Crippen molar-refractivity contribution in [3.8, 4) is 0 Å². The maximum absolute atomic E-state index is 2.38. The molecule has 1 heteroatoms. The molecular formula is C7H14N+. The van der Waals surface area contributed by atoms with Gasteiger partial charge >= 0.3 is 0 Å². The molecule has 0 unspecified atom stereocenters. The first-order valence-electron chi connectivity index (χ1n) is 3.40. The van der Waals surface area contributed by atoms with Crippen molar-refractivity contribution in [1.29, 1.82) is 0 Å². The van der Waals surface area contributed by atoms with Crippen LogP contribution in [-0.4, -0.2) is 23.9 Å². The molecule has 0 fully saturated rings. The van der Waals surface area contributed by atoms with E-state index in [4.69, 9.17) is 0 Å². The SMILES string of the molecule is CCC1=[N+](C)CCC1. The average molecular weight is 112 g/mol. The molecule has 0 radical (unpaired) electrons. The molecule has 1 aliphatic heterocycles. The van der Waals surface area contributed by atoms with Gasteiger partial charge in [0, 0.05) is 19.3 Å². The molecule has 1 nitrogen and oxygen atoms in total. The summed E-state index contributed by atoms with van der Waals surface area (Å²) in [5, 5.41) is 0. The summed E-state index contributed by atoms with van der Waals surface area (Å²) in [6, 6.07) is 0. The second kappa shape index (κ2) is 2.29. The monoisotopic (exact) mass is 112 g/mol. The van der Waals surface area contributed by atoms with Gasteiger partial charge in [0.2, 0.25) is 0 Å². The summed E-state index contributed by atoms with van der Waals surface area (Å²) >= 11 is 0. The largest absolute Gasteiger partial charge is 0.240 e. The zero-order valence-corrected chi connectivity index (χ0v) is 5.78. The number of nitrogens with zero attached hydrogens (tertiary/aromatic N) is 1. The van der Waals surface area contributed by atoms with Crippen LogP contribution in [0.1, 0.15) is 26.2 Å². The summed E-state index contributed by atoms with van der Waals surface area (Å²) in [4.78, 5) is 0. The first-order valence-corrected chi connectivity index (χ1v) is 3.40. The highest BCUT2D eigenvalue weighted by molar-refractivity contribution is 5.80. The van der Waals surface area contributed by atoms with Crippen molar-refractivity contribution in [2.75, 3.05) is 13.6 Å². The second-order valence-electron chi connectivity index (χ2n) is 2.44. The molecule has 1 aliphatic rings. The summed E-state index contributed by atoms with van der Waals surface area (Å²) in [6.45, 7) is 3.51. The quantitative estimate of drug-likeness (QED) is 0.449. The van der Waals surface area contributed by atoms with E-state index in [0.29, 0.717) is 0 Å². The van der Waals surface area contributed by atoms with Crippen LogP contribution in [0.25, 0.3) is 0 Å². The Balaban J connectivity index is 2.58. The molecule has 0 bridgehead atoms. The van der Waals surface area contributed by atoms with Gasteiger partial charge < -0.3 is 0 Å². The van der Waals surface area contributed by atoms with Gasteiger partial charge in [-0.2, -0.15) is 0 Å². The fourth-order valence-electron chi connectivity index (χ4n) is 1.32. The zero-order chi connectivity index (χ0) is 5.98. The third kappa shape index (κ3) is 0.908. The predicted octanol–water partition coefficient (Wildman–Crippen LogP) is 1.27. The van der Waals surface area contributed by atoms with Crippen molar-refractivity contribution < 1.29 is 4.58 Å². The summed E-state index contributed by atoms with van der Waals surface area (Å²) < 4.78 is 2.38. The van der Waals surface area contributed by atoms with E-state index in [-0.39, 0.29) is 0 Å². The molecule has 0 amide bonds. The molecular weight excluding hydrogens is 98.1 g/mol. The first kappa shape index (κ1) is 5.80. The lowest BCUT2D eigenvalue weighted by molar-refractivity contribution is -0.489. The van der Waals surface area contributed by atoms with Gasteiger partial charge in [-0.05, 0) is 0 Å². The Labute approximate surface area is 51.0 Å². The van der Waals surface area contributed by atoms with E-state index in [2.05, 4.69) is 18.5 Å². The molecule has 0 aromatic rings. The third-order valence-electron chi connectivity index (χ3n) is 1.91. The number of hydrogen-bond acceptors (Lipinski definition) is 0. The Morgan fingerprint density at radius 1 is 1.62 bits per heavy atom. The van der Waals surface area contributed by atoms with Crippen molar-refractivity contribution in [3.63, 3.8) is 0 Å². The Morgan fingerprint density at radius 2 is 2.38 bits per heavy atom. The van der Waals surface area contributed by atoms with E-state index in [9.17, 15) is 0 Å². The normalized spacial score (nSPS) is 20.2. The fourth-order valence-corrected chi connectivity index (χ4v) is 1.32. The van der Waals surface area contributed by atoms with E-state index in [1.807, 2.05) is 0 Å². The van der Waals surface area contributed by atoms with Crippen LogP contribution in [-0.2, 0) is 0 Å². The molecule has 0 aromatic carbocycles. The van der Waals surface area contributed by atoms with Gasteiger partial charge in [-0.3, -0.25) is 0 Å². The van der Waals surface area contributed by atoms with E-state index < -0.39 is 0 Å². The molecule has 1 heterocycles. The lowest BCUT2D eigenvalue weighted by Gasteiger charge is -1.88. The van der Waals surface area contributed by atoms with Gasteiger partial charge in [0.1, 0.15) is 13.6 Å². The average Bonchev–Trinajstić information content (AvgIpc) is 2.14. The van der Waals surface area contributed by atoms with Gasteiger partial charge in [0.25, 0.3) is 0 Å². The minimum atomic E-state index is 1.25. The molecule has 0 saturated carbocycles. The van der Waals surface area contributed by atoms with Crippen LogP contribution >= 0.6 is 0 Å². The molecule has 0 aliphatic carbocycles. The molecule has 0 N–H and O–H groups in total. The number of rotatable bonds is 1. The maximum atomic E-state index is 2.38. The Kier molecular flexibility index (Phi) is 1.66. The van der Waals surface area contributed by atoms with Gasteiger partial charge in [-0.1, -0.05) is 6.92 Å². The smallest absolute Gasteiger partial charge is 0.152 e. The van der Waals surface area contributed by atoms with Crippen molar-refractivity contribution in [3.05, 3.63) is 0 Å². The first-order chi connectivity index (χ1) is 3.84. The zero-order valence-electron chi connectivity index (χ0n) is 5.78. The summed E-state index contributed by atoms with van der Waals surface area (Å²) in [5.41, 5.74) is 1.63. The Bertz CT molecular complexity index is 114. The Morgan fingerprint density at radius 3 is 2.62 bits per heavy atom. The fraction of sp³-hybridized carbons (Fsp3) is 0.857. The molecule has 1 rings (SSSR count). The summed E-state index contributed by atoms with van der Waals surface area (Å²) in [5.74, 6) is 0. The molecule has 8 heavy (non-hydrogen) atoms. The molecule has 46 valence electrons. The van der Waals surface area contributed by atoms with Crippen molar-refractivity contribution in [2.24, 2.45) is 0 Å². The van der Waals surface area contributed by atoms with Crippen LogP contribution < -0.4 is 0 Å². The molecule has 0 saturated heterocycles. The lowest BCUT2D eigenvalue weighted by Crippen LogP contribution is -2.07. The van der Waals surface area contributed by atoms with Crippen molar-refractivity contribution >= 4 is 5.71 Å². The minimum Gasteiger partial charge on any atom is -0.240 e. The van der Waals surface area contributed by atoms with Crippen LogP contribution in [0, 0.1) is 0 Å². The highest BCUT2D eigenvalue weighted by Gasteiger charge is 2.14. The summed E-state index contributed by atoms with van der Waals surface area (Å²) in [7, 11) is 2.19. The molecule has 0 atom stereocenters. The standard InChI is InChI=1S/C7H14N/c1-3-7-5-4-6-8(7)2/h3-6H2,1-2H3/q+1. The van der Waals surface area contributed by atoms with Crippen LogP contribution in [0.4, 0.5) is 0 Å². The van der Waals surface area contributed by atoms with Gasteiger partial charge in [0.05, 0.1) is 0 Å². The van der Waals surface area contributed by atoms with Crippen molar-refractivity contribution in [1.82, 2.24) is 0 Å². The van der Waals surface area contributed by atoms with Gasteiger partial charge in [-0.15, -0.1) is 0 Å². The summed E-state index contributed by atoms with van der Waals surface area (Å²) in [6.07, 6.45) is 3.96. The van der Waals surface area contributed by atoms with Crippen LogP contribution in [0.3, 0.4) is 0 Å². The number of hydrogen-bond donors (Lipinski definition) is 0. The predicted molar refractivity (Wildman–Crippen MR) is 35.6 cm³/mol. The topological polar surface area (TPSA) is 3.01 Å². The lowest BCUT2D eigenvalue weighted by atomic mass is 10.2. The van der Waals surface area contributed by atoms with E-state index in [1.165, 1.54) is 25.8 Å². The molecule has 0 spiro atoms. The van der Waals surface area contributed by atoms with Crippen LogP contribution in [0.5, 0.6) is 0 Å². The second-order valence-corrected chi connectivity index (χ2v) is 2.44. The van der Waals surface area contributed by atoms with E-state index in [0.717, 1.165) is 0 Å². The van der Waals surface area contributed by atoms with Crippen LogP contribution in [0.2, 0.25) is 0 Å². The van der Waals surface area contributed by atoms with Gasteiger partial charge in [0.15, 0.2) is 5.71 Å². The van der Waals surface area contributed by atoms with E-state index in [1.54, 1.807) is 5.71 Å². The van der Waals surface area contributed by atoms with Crippen LogP contribution in [0.15, 0.2) is 0 Å². The van der Waals surface area contributed by atoms with Gasteiger partial charge in [-0.25, -0.2) is 4.58 Å². The minimum absolute atomic E-state index is 1.25. The highest BCUT2D eigenvalue weighted by atomic mass is 15.0. The molecule has 0 aromatic heterocycles. The highest BCUT2D eigenvalue weighted by Crippen LogP contribution is 2.04.